The predicted molar refractivity (Wildman–Crippen MR) is 89.9 cm³/mol. The van der Waals surface area contributed by atoms with Crippen molar-refractivity contribution in [2.75, 3.05) is 13.1 Å². The van der Waals surface area contributed by atoms with Crippen molar-refractivity contribution in [3.8, 4) is 11.1 Å². The Morgan fingerprint density at radius 2 is 1.15 bits per heavy atom. The highest BCUT2D eigenvalue weighted by Crippen LogP contribution is 2.17. The average Bonchev–Trinajstić information content (AvgIpc) is 2.54. The molecule has 2 aromatic carbocycles. The van der Waals surface area contributed by atoms with Gasteiger partial charge in [-0.2, -0.15) is 0 Å². The van der Waals surface area contributed by atoms with E-state index >= 15 is 0 Å². The smallest absolute Gasteiger partial charge is 0.00490 e. The van der Waals surface area contributed by atoms with Crippen LogP contribution in [0.1, 0.15) is 33.1 Å². The summed E-state index contributed by atoms with van der Waals surface area (Å²) in [7, 11) is 0. The second-order valence-electron chi connectivity index (χ2n) is 4.84. The van der Waals surface area contributed by atoms with Crippen LogP contribution in [0.3, 0.4) is 0 Å². The Morgan fingerprint density at radius 3 is 1.55 bits per heavy atom. The summed E-state index contributed by atoms with van der Waals surface area (Å²) >= 11 is 0. The Morgan fingerprint density at radius 1 is 0.650 bits per heavy atom. The Hall–Kier alpha value is -1.60. The molecule has 0 heterocycles. The van der Waals surface area contributed by atoms with Crippen LogP contribution >= 0.6 is 0 Å². The van der Waals surface area contributed by atoms with Crippen molar-refractivity contribution >= 4 is 0 Å². The van der Waals surface area contributed by atoms with E-state index in [0.717, 1.165) is 0 Å². The molecule has 0 saturated carbocycles. The number of hydrogen-bond acceptors (Lipinski definition) is 1. The summed E-state index contributed by atoms with van der Waals surface area (Å²) in [6, 6.07) is 20.8. The van der Waals surface area contributed by atoms with Crippen molar-refractivity contribution in [3.05, 3.63) is 60.7 Å². The van der Waals surface area contributed by atoms with E-state index in [1.165, 1.54) is 43.5 Å². The van der Waals surface area contributed by atoms with Gasteiger partial charge in [0.05, 0.1) is 0 Å². The van der Waals surface area contributed by atoms with Crippen LogP contribution in [0, 0.1) is 0 Å². The number of hydrogen-bond donors (Lipinski definition) is 1. The summed E-state index contributed by atoms with van der Waals surface area (Å²) in [6.07, 6.45) is 3.88. The maximum absolute atomic E-state index is 3.34. The molecule has 0 amide bonds. The quantitative estimate of drug-likeness (QED) is 0.716. The zero-order valence-electron chi connectivity index (χ0n) is 12.8. The molecule has 0 aromatic heterocycles. The van der Waals surface area contributed by atoms with E-state index in [4.69, 9.17) is 0 Å². The first kappa shape index (κ1) is 16.5. The van der Waals surface area contributed by atoms with E-state index < -0.39 is 0 Å². The van der Waals surface area contributed by atoms with Crippen molar-refractivity contribution in [1.29, 1.82) is 0 Å². The maximum atomic E-state index is 3.34. The van der Waals surface area contributed by atoms with Crippen LogP contribution < -0.4 is 5.32 Å². The van der Waals surface area contributed by atoms with Crippen LogP contribution in [0.5, 0.6) is 0 Å². The van der Waals surface area contributed by atoms with E-state index in [0.29, 0.717) is 0 Å². The molecule has 0 aliphatic rings. The van der Waals surface area contributed by atoms with Crippen LogP contribution in [0.25, 0.3) is 11.1 Å². The van der Waals surface area contributed by atoms with E-state index in [9.17, 15) is 0 Å². The fraction of sp³-hybridized carbons (Fsp3) is 0.368. The van der Waals surface area contributed by atoms with Gasteiger partial charge in [0.15, 0.2) is 0 Å². The Bertz CT molecular complexity index is 379. The summed E-state index contributed by atoms with van der Waals surface area (Å²) in [5.41, 5.74) is 2.55. The molecule has 0 spiro atoms. The molecule has 0 saturated heterocycles. The summed E-state index contributed by atoms with van der Waals surface area (Å²) in [4.78, 5) is 0. The molecule has 1 nitrogen and oxygen atoms in total. The Kier molecular flexibility index (Phi) is 9.25. The zero-order valence-corrected chi connectivity index (χ0v) is 12.8. The fourth-order valence-corrected chi connectivity index (χ4v) is 1.86. The third-order valence-corrected chi connectivity index (χ3v) is 3.01. The minimum atomic E-state index is 1.18. The highest BCUT2D eigenvalue weighted by Gasteiger charge is 1.91. The molecule has 0 bridgehead atoms. The van der Waals surface area contributed by atoms with E-state index in [-0.39, 0.29) is 0 Å². The summed E-state index contributed by atoms with van der Waals surface area (Å²) in [5.74, 6) is 0. The van der Waals surface area contributed by atoms with Gasteiger partial charge >= 0.3 is 0 Å². The molecule has 0 radical (unpaired) electrons. The average molecular weight is 269 g/mol. The molecule has 0 aliphatic carbocycles. The van der Waals surface area contributed by atoms with Gasteiger partial charge in [0.1, 0.15) is 0 Å². The van der Waals surface area contributed by atoms with Gasteiger partial charge in [0.25, 0.3) is 0 Å². The molecule has 0 unspecified atom stereocenters. The number of rotatable bonds is 6. The van der Waals surface area contributed by atoms with Gasteiger partial charge in [0, 0.05) is 0 Å². The van der Waals surface area contributed by atoms with E-state index in [1.807, 2.05) is 12.1 Å². The number of nitrogens with one attached hydrogen (secondary N) is 1. The second-order valence-corrected chi connectivity index (χ2v) is 4.84. The first-order chi connectivity index (χ1) is 9.88. The molecule has 0 aliphatic heterocycles. The SMILES string of the molecule is CCCCNCCC.c1ccc(-c2ccccc2)cc1. The number of benzene rings is 2. The minimum Gasteiger partial charge on any atom is -0.317 e. The fourth-order valence-electron chi connectivity index (χ4n) is 1.86. The first-order valence-electron chi connectivity index (χ1n) is 7.69. The lowest BCUT2D eigenvalue weighted by atomic mass is 10.1. The van der Waals surface area contributed by atoms with Crippen LogP contribution in [0.2, 0.25) is 0 Å². The van der Waals surface area contributed by atoms with Crippen molar-refractivity contribution < 1.29 is 0 Å². The highest BCUT2D eigenvalue weighted by molar-refractivity contribution is 5.62. The van der Waals surface area contributed by atoms with E-state index in [2.05, 4.69) is 67.7 Å². The Labute approximate surface area is 124 Å². The largest absolute Gasteiger partial charge is 0.317 e. The minimum absolute atomic E-state index is 1.18. The number of unbranched alkanes of at least 4 members (excludes halogenated alkanes) is 1. The van der Waals surface area contributed by atoms with Crippen LogP contribution in [-0.2, 0) is 0 Å². The van der Waals surface area contributed by atoms with Gasteiger partial charge in [-0.25, -0.2) is 0 Å². The van der Waals surface area contributed by atoms with Gasteiger partial charge in [-0.1, -0.05) is 80.9 Å². The van der Waals surface area contributed by atoms with Crippen molar-refractivity contribution in [2.45, 2.75) is 33.1 Å². The molecule has 20 heavy (non-hydrogen) atoms. The van der Waals surface area contributed by atoms with Gasteiger partial charge < -0.3 is 5.32 Å². The molecule has 1 heteroatoms. The maximum Gasteiger partial charge on any atom is -0.00490 e. The molecule has 108 valence electrons. The van der Waals surface area contributed by atoms with Crippen molar-refractivity contribution in [2.24, 2.45) is 0 Å². The predicted octanol–water partition coefficient (Wildman–Crippen LogP) is 5.14. The van der Waals surface area contributed by atoms with Crippen LogP contribution in [0.15, 0.2) is 60.7 Å². The van der Waals surface area contributed by atoms with E-state index in [1.54, 1.807) is 0 Å². The van der Waals surface area contributed by atoms with Crippen LogP contribution in [0.4, 0.5) is 0 Å². The topological polar surface area (TPSA) is 12.0 Å². The summed E-state index contributed by atoms with van der Waals surface area (Å²) in [5, 5.41) is 3.34. The van der Waals surface area contributed by atoms with Gasteiger partial charge in [0.2, 0.25) is 0 Å². The van der Waals surface area contributed by atoms with Crippen molar-refractivity contribution in [3.63, 3.8) is 0 Å². The van der Waals surface area contributed by atoms with Crippen LogP contribution in [-0.4, -0.2) is 13.1 Å². The van der Waals surface area contributed by atoms with Gasteiger partial charge in [-0.05, 0) is 37.1 Å². The third kappa shape index (κ3) is 7.10. The lowest BCUT2D eigenvalue weighted by Gasteiger charge is -1.98. The molecular weight excluding hydrogens is 242 g/mol. The Balaban J connectivity index is 0.000000221. The third-order valence-electron chi connectivity index (χ3n) is 3.01. The molecule has 1 N–H and O–H groups in total. The summed E-state index contributed by atoms with van der Waals surface area (Å²) in [6.45, 7) is 6.79. The molecule has 0 atom stereocenters. The lowest BCUT2D eigenvalue weighted by Crippen LogP contribution is -2.15. The lowest BCUT2D eigenvalue weighted by molar-refractivity contribution is 0.633. The molecular formula is C19H27N. The summed E-state index contributed by atoms with van der Waals surface area (Å²) < 4.78 is 0. The van der Waals surface area contributed by atoms with Crippen molar-refractivity contribution in [1.82, 2.24) is 5.32 Å². The standard InChI is InChI=1S/C12H10.C7H17N/c1-3-7-11(8-4-1)12-9-5-2-6-10-12;1-3-5-7-8-6-4-2/h1-10H;8H,3-7H2,1-2H3. The second kappa shape index (κ2) is 11.2. The molecule has 2 rings (SSSR count). The molecule has 0 fully saturated rings. The molecule has 2 aromatic rings. The van der Waals surface area contributed by atoms with Gasteiger partial charge in [-0.3, -0.25) is 0 Å². The monoisotopic (exact) mass is 269 g/mol. The first-order valence-corrected chi connectivity index (χ1v) is 7.69. The highest BCUT2D eigenvalue weighted by atomic mass is 14.8. The van der Waals surface area contributed by atoms with Gasteiger partial charge in [-0.15, -0.1) is 0 Å². The zero-order chi connectivity index (χ0) is 14.5. The normalized spacial score (nSPS) is 9.70.